The predicted octanol–water partition coefficient (Wildman–Crippen LogP) is 0.472. The van der Waals surface area contributed by atoms with E-state index in [1.807, 2.05) is 0 Å². The van der Waals surface area contributed by atoms with Gasteiger partial charge in [0.2, 0.25) is 6.29 Å². The van der Waals surface area contributed by atoms with E-state index in [2.05, 4.69) is 0 Å². The van der Waals surface area contributed by atoms with Crippen molar-refractivity contribution in [3.63, 3.8) is 0 Å². The van der Waals surface area contributed by atoms with E-state index in [1.165, 1.54) is 12.1 Å². The van der Waals surface area contributed by atoms with Crippen molar-refractivity contribution < 1.29 is 53.2 Å². The van der Waals surface area contributed by atoms with Crippen LogP contribution in [0.1, 0.15) is 44.1 Å². The predicted molar refractivity (Wildman–Crippen MR) is 131 cm³/mol. The number of ether oxygens (including phenoxy) is 3. The molecule has 2 saturated heterocycles. The molecule has 39 heavy (non-hydrogen) atoms. The number of aliphatic hydroxyl groups excluding tert-OH is 3. The van der Waals surface area contributed by atoms with E-state index in [0.717, 1.165) is 5.56 Å². The van der Waals surface area contributed by atoms with Crippen molar-refractivity contribution in [1.82, 2.24) is 5.06 Å². The molecule has 5 atom stereocenters. The first kappa shape index (κ1) is 28.6. The first-order valence-electron chi connectivity index (χ1n) is 12.7. The highest BCUT2D eigenvalue weighted by atomic mass is 16.7. The number of benzene rings is 1. The molecule has 0 bridgehead atoms. The number of aryl methyl sites for hydroxylation is 1. The Hall–Kier alpha value is -3.36. The van der Waals surface area contributed by atoms with Crippen molar-refractivity contribution >= 4 is 28.8 Å². The summed E-state index contributed by atoms with van der Waals surface area (Å²) in [5, 5.41) is 32.3. The van der Waals surface area contributed by atoms with Crippen LogP contribution in [0.4, 0.5) is 0 Å². The molecule has 1 aromatic heterocycles. The van der Waals surface area contributed by atoms with Gasteiger partial charge in [-0.1, -0.05) is 6.42 Å². The minimum Gasteiger partial charge on any atom is -0.462 e. The third kappa shape index (κ3) is 6.81. The van der Waals surface area contributed by atoms with Crippen molar-refractivity contribution in [3.8, 4) is 5.75 Å². The molecule has 2 aliphatic heterocycles. The number of carbonyl (C=O) groups is 3. The molecule has 0 spiro atoms. The maximum atomic E-state index is 11.9. The van der Waals surface area contributed by atoms with Crippen LogP contribution in [0.25, 0.3) is 11.0 Å². The van der Waals surface area contributed by atoms with Crippen LogP contribution in [0.5, 0.6) is 5.75 Å². The number of unbranched alkanes of at least 4 members (excludes halogenated alkanes) is 2. The van der Waals surface area contributed by atoms with Gasteiger partial charge in [-0.15, -0.1) is 5.06 Å². The van der Waals surface area contributed by atoms with E-state index in [0.29, 0.717) is 29.7 Å². The zero-order valence-electron chi connectivity index (χ0n) is 21.3. The molecule has 2 aromatic rings. The molecule has 212 valence electrons. The van der Waals surface area contributed by atoms with Crippen LogP contribution in [0.15, 0.2) is 33.5 Å². The standard InChI is InChI=1S/C26H31NO12/c1-14-11-22(32)37-17-12-15(6-7-16(14)17)36-26-24(34)23(33)25(18(13-28)38-26)35-10-4-2-3-5-21(31)39-27-19(29)8-9-20(27)30/h6-7,11-12,18,23-26,28,33-34H,2-5,8-10,13H2,1H3/t18?,23?,24?,25-,26+/m0/s1. The highest BCUT2D eigenvalue weighted by Gasteiger charge is 2.46. The number of hydrogen-bond donors (Lipinski definition) is 3. The summed E-state index contributed by atoms with van der Waals surface area (Å²) >= 11 is 0. The Morgan fingerprint density at radius 1 is 1.05 bits per heavy atom. The van der Waals surface area contributed by atoms with Crippen molar-refractivity contribution in [2.45, 2.75) is 76.2 Å². The third-order valence-corrected chi connectivity index (χ3v) is 6.53. The molecule has 0 saturated carbocycles. The van der Waals surface area contributed by atoms with Crippen molar-refractivity contribution in [1.29, 1.82) is 0 Å². The van der Waals surface area contributed by atoms with Gasteiger partial charge in [-0.2, -0.15) is 0 Å². The van der Waals surface area contributed by atoms with Crippen LogP contribution < -0.4 is 10.4 Å². The van der Waals surface area contributed by atoms with Crippen LogP contribution in [0.3, 0.4) is 0 Å². The lowest BCUT2D eigenvalue weighted by molar-refractivity contribution is -0.285. The highest BCUT2D eigenvalue weighted by molar-refractivity contribution is 6.01. The molecule has 3 unspecified atom stereocenters. The maximum Gasteiger partial charge on any atom is 0.336 e. The second-order valence-electron chi connectivity index (χ2n) is 9.42. The average Bonchev–Trinajstić information content (AvgIpc) is 3.21. The van der Waals surface area contributed by atoms with Crippen LogP contribution in [0, 0.1) is 6.92 Å². The van der Waals surface area contributed by atoms with Crippen LogP contribution in [-0.4, -0.2) is 82.1 Å². The molecule has 2 aliphatic rings. The minimum atomic E-state index is -1.51. The van der Waals surface area contributed by atoms with E-state index in [4.69, 9.17) is 23.5 Å². The summed E-state index contributed by atoms with van der Waals surface area (Å²) in [5.74, 6) is -1.54. The number of nitrogens with zero attached hydrogens (tertiary/aromatic N) is 1. The van der Waals surface area contributed by atoms with Crippen molar-refractivity contribution in [2.75, 3.05) is 13.2 Å². The van der Waals surface area contributed by atoms with Gasteiger partial charge in [0.15, 0.2) is 0 Å². The second-order valence-corrected chi connectivity index (χ2v) is 9.42. The molecule has 2 amide bonds. The van der Waals surface area contributed by atoms with Gasteiger partial charge >= 0.3 is 11.6 Å². The number of amides is 2. The van der Waals surface area contributed by atoms with E-state index in [-0.39, 0.29) is 37.2 Å². The first-order valence-corrected chi connectivity index (χ1v) is 12.7. The number of fused-ring (bicyclic) bond motifs is 1. The second kappa shape index (κ2) is 12.7. The third-order valence-electron chi connectivity index (χ3n) is 6.53. The molecule has 13 nitrogen and oxygen atoms in total. The van der Waals surface area contributed by atoms with E-state index < -0.39 is 60.7 Å². The fourth-order valence-electron chi connectivity index (χ4n) is 4.44. The lowest BCUT2D eigenvalue weighted by Crippen LogP contribution is -2.61. The van der Waals surface area contributed by atoms with E-state index in [1.54, 1.807) is 19.1 Å². The summed E-state index contributed by atoms with van der Waals surface area (Å²) in [6.07, 6.45) is -4.83. The molecule has 4 rings (SSSR count). The van der Waals surface area contributed by atoms with Gasteiger partial charge in [-0.05, 0) is 37.5 Å². The number of hydrogen-bond acceptors (Lipinski definition) is 12. The molecular formula is C26H31NO12. The summed E-state index contributed by atoms with van der Waals surface area (Å²) in [6, 6.07) is 6.13. The Morgan fingerprint density at radius 3 is 2.51 bits per heavy atom. The van der Waals surface area contributed by atoms with Crippen molar-refractivity contribution in [2.24, 2.45) is 0 Å². The van der Waals surface area contributed by atoms with Crippen LogP contribution in [-0.2, 0) is 28.7 Å². The minimum absolute atomic E-state index is 0.000965. The zero-order chi connectivity index (χ0) is 28.1. The fourth-order valence-corrected chi connectivity index (χ4v) is 4.44. The molecular weight excluding hydrogens is 518 g/mol. The van der Waals surface area contributed by atoms with Gasteiger partial charge in [0.1, 0.15) is 35.7 Å². The van der Waals surface area contributed by atoms with Crippen molar-refractivity contribution in [3.05, 3.63) is 40.2 Å². The van der Waals surface area contributed by atoms with Gasteiger partial charge in [0.25, 0.3) is 11.8 Å². The Kier molecular flexibility index (Phi) is 9.30. The molecule has 0 aliphatic carbocycles. The molecule has 1 aromatic carbocycles. The number of rotatable bonds is 11. The molecule has 3 N–H and O–H groups in total. The van der Waals surface area contributed by atoms with Gasteiger partial charge in [0.05, 0.1) is 6.61 Å². The molecule has 13 heteroatoms. The number of aliphatic hydroxyl groups is 3. The quantitative estimate of drug-likeness (QED) is 0.200. The molecule has 3 heterocycles. The molecule has 0 radical (unpaired) electrons. The number of imide groups is 1. The van der Waals surface area contributed by atoms with Crippen LogP contribution in [0.2, 0.25) is 0 Å². The molecule has 2 fully saturated rings. The fraction of sp³-hybridized carbons (Fsp3) is 0.538. The van der Waals surface area contributed by atoms with Gasteiger partial charge in [0, 0.05) is 43.4 Å². The summed E-state index contributed by atoms with van der Waals surface area (Å²) in [4.78, 5) is 51.3. The van der Waals surface area contributed by atoms with E-state index in [9.17, 15) is 34.5 Å². The Balaban J connectivity index is 1.23. The average molecular weight is 550 g/mol. The van der Waals surface area contributed by atoms with Gasteiger partial charge in [-0.3, -0.25) is 9.59 Å². The number of hydroxylamine groups is 2. The van der Waals surface area contributed by atoms with Gasteiger partial charge < -0.3 is 38.8 Å². The highest BCUT2D eigenvalue weighted by Crippen LogP contribution is 2.28. The summed E-state index contributed by atoms with van der Waals surface area (Å²) in [7, 11) is 0. The van der Waals surface area contributed by atoms with E-state index >= 15 is 0 Å². The van der Waals surface area contributed by atoms with Crippen LogP contribution >= 0.6 is 0 Å². The zero-order valence-corrected chi connectivity index (χ0v) is 21.3. The smallest absolute Gasteiger partial charge is 0.336 e. The lowest BCUT2D eigenvalue weighted by Gasteiger charge is -2.41. The monoisotopic (exact) mass is 549 g/mol. The largest absolute Gasteiger partial charge is 0.462 e. The Morgan fingerprint density at radius 2 is 1.79 bits per heavy atom. The topological polar surface area (TPSA) is 182 Å². The first-order chi connectivity index (χ1) is 18.7. The summed E-state index contributed by atoms with van der Waals surface area (Å²) < 4.78 is 22.2. The van der Waals surface area contributed by atoms with Gasteiger partial charge in [-0.25, -0.2) is 9.59 Å². The summed E-state index contributed by atoms with van der Waals surface area (Å²) in [5.41, 5.74) is 0.499. The lowest BCUT2D eigenvalue weighted by atomic mass is 9.99. The SMILES string of the molecule is Cc1cc(=O)oc2cc(O[C@@H]3OC(CO)[C@H](OCCCCCC(=O)ON4C(=O)CCC4=O)C(O)C3O)ccc12. The normalized spacial score (nSPS) is 25.3. The Bertz CT molecular complexity index is 1240. The summed E-state index contributed by atoms with van der Waals surface area (Å²) in [6.45, 7) is 1.40. The number of carbonyl (C=O) groups excluding carboxylic acids is 3. The maximum absolute atomic E-state index is 11.9. The Labute approximate surface area is 222 Å².